The first-order chi connectivity index (χ1) is 9.72. The second kappa shape index (κ2) is 10.4. The largest absolute Gasteiger partial charge is 0.506 e. The highest BCUT2D eigenvalue weighted by Crippen LogP contribution is 2.36. The van der Waals surface area contributed by atoms with Crippen molar-refractivity contribution in [2.45, 2.75) is 54.7 Å². The molecule has 2 N–H and O–H groups in total. The molecule has 0 radical (unpaired) electrons. The molecule has 114 valence electrons. The minimum Gasteiger partial charge on any atom is -0.506 e. The minimum atomic E-state index is 0.322. The highest BCUT2D eigenvalue weighted by atomic mass is 32.2. The number of phenolic OH excluding ortho intramolecular Hbond substituents is 1. The number of aliphatic hydroxyl groups excluding tert-OH is 1. The number of phenols is 1. The van der Waals surface area contributed by atoms with Gasteiger partial charge in [0, 0.05) is 6.61 Å². The van der Waals surface area contributed by atoms with Crippen molar-refractivity contribution >= 4 is 23.5 Å². The van der Waals surface area contributed by atoms with Crippen LogP contribution in [-0.2, 0) is 6.42 Å². The van der Waals surface area contributed by atoms with Gasteiger partial charge in [0.15, 0.2) is 0 Å². The lowest BCUT2D eigenvalue weighted by atomic mass is 10.0. The smallest absolute Gasteiger partial charge is 0.142 e. The molecule has 1 aromatic carbocycles. The Labute approximate surface area is 131 Å². The van der Waals surface area contributed by atoms with Gasteiger partial charge in [0.25, 0.3) is 0 Å². The summed E-state index contributed by atoms with van der Waals surface area (Å²) >= 11 is 3.21. The van der Waals surface area contributed by atoms with Crippen LogP contribution in [0.15, 0.2) is 21.9 Å². The number of aryl methyl sites for hydroxylation is 1. The summed E-state index contributed by atoms with van der Waals surface area (Å²) in [6.45, 7) is 0.322. The molecule has 0 saturated heterocycles. The zero-order valence-electron chi connectivity index (χ0n) is 12.5. The van der Waals surface area contributed by atoms with E-state index in [2.05, 4.69) is 12.1 Å². The molecule has 0 atom stereocenters. The average molecular weight is 315 g/mol. The normalized spacial score (nSPS) is 10.9. The van der Waals surface area contributed by atoms with Crippen molar-refractivity contribution in [1.29, 1.82) is 0 Å². The Kier molecular flexibility index (Phi) is 9.23. The molecule has 0 aromatic heterocycles. The Balaban J connectivity index is 2.40. The van der Waals surface area contributed by atoms with E-state index in [1.165, 1.54) is 31.2 Å². The summed E-state index contributed by atoms with van der Waals surface area (Å²) in [5, 5.41) is 18.8. The molecule has 1 aromatic rings. The molecule has 0 heterocycles. The van der Waals surface area contributed by atoms with Crippen molar-refractivity contribution in [3.63, 3.8) is 0 Å². The molecule has 20 heavy (non-hydrogen) atoms. The van der Waals surface area contributed by atoms with E-state index in [-0.39, 0.29) is 0 Å². The maximum absolute atomic E-state index is 10.0. The predicted octanol–water partition coefficient (Wildman–Crippen LogP) is 4.71. The number of unbranched alkanes of at least 4 members (excludes halogenated alkanes) is 5. The Bertz CT molecular complexity index is 369. The zero-order chi connectivity index (χ0) is 14.8. The topological polar surface area (TPSA) is 40.5 Å². The molecular weight excluding hydrogens is 288 g/mol. The highest BCUT2D eigenvalue weighted by Gasteiger charge is 2.08. The summed E-state index contributed by atoms with van der Waals surface area (Å²) in [5.74, 6) is 0.428. The van der Waals surface area contributed by atoms with Crippen LogP contribution in [0.3, 0.4) is 0 Å². The molecule has 0 unspecified atom stereocenters. The summed E-state index contributed by atoms with van der Waals surface area (Å²) in [7, 11) is 0. The fourth-order valence-electron chi connectivity index (χ4n) is 2.24. The molecule has 0 bridgehead atoms. The number of thioether (sulfide) groups is 2. The lowest BCUT2D eigenvalue weighted by Gasteiger charge is -2.10. The van der Waals surface area contributed by atoms with Crippen LogP contribution in [0.4, 0.5) is 0 Å². The molecule has 0 amide bonds. The molecule has 0 aliphatic carbocycles. The first-order valence-corrected chi connectivity index (χ1v) is 9.72. The number of aliphatic hydroxyl groups is 1. The van der Waals surface area contributed by atoms with E-state index >= 15 is 0 Å². The second-order valence-electron chi connectivity index (χ2n) is 4.94. The van der Waals surface area contributed by atoms with Crippen LogP contribution in [0, 0.1) is 0 Å². The van der Waals surface area contributed by atoms with Crippen LogP contribution < -0.4 is 0 Å². The van der Waals surface area contributed by atoms with E-state index in [9.17, 15) is 5.11 Å². The maximum atomic E-state index is 10.0. The van der Waals surface area contributed by atoms with E-state index in [0.29, 0.717) is 12.4 Å². The van der Waals surface area contributed by atoms with Crippen molar-refractivity contribution in [1.82, 2.24) is 0 Å². The van der Waals surface area contributed by atoms with Crippen molar-refractivity contribution in [2.75, 3.05) is 19.1 Å². The number of rotatable bonds is 10. The number of aromatic hydroxyl groups is 1. The van der Waals surface area contributed by atoms with Crippen LogP contribution >= 0.6 is 23.5 Å². The summed E-state index contributed by atoms with van der Waals surface area (Å²) in [5.41, 5.74) is 1.33. The van der Waals surface area contributed by atoms with E-state index in [4.69, 9.17) is 5.11 Å². The number of hydrogen-bond acceptors (Lipinski definition) is 4. The van der Waals surface area contributed by atoms with Crippen molar-refractivity contribution in [3.05, 3.63) is 17.7 Å². The summed E-state index contributed by atoms with van der Waals surface area (Å²) in [4.78, 5) is 1.96. The van der Waals surface area contributed by atoms with Gasteiger partial charge in [-0.05, 0) is 49.5 Å². The quantitative estimate of drug-likeness (QED) is 0.484. The zero-order valence-corrected chi connectivity index (χ0v) is 14.2. The lowest BCUT2D eigenvalue weighted by Crippen LogP contribution is -1.90. The molecule has 2 nitrogen and oxygen atoms in total. The molecule has 0 aliphatic rings. The maximum Gasteiger partial charge on any atom is 0.142 e. The van der Waals surface area contributed by atoms with Gasteiger partial charge in [0.1, 0.15) is 5.75 Å². The first-order valence-electron chi connectivity index (χ1n) is 7.27. The van der Waals surface area contributed by atoms with E-state index in [0.717, 1.165) is 29.1 Å². The van der Waals surface area contributed by atoms with Crippen LogP contribution in [0.25, 0.3) is 0 Å². The standard InChI is InChI=1S/C16H26O2S2/c1-19-14-11-13(12-15(20-2)16(14)18)9-7-5-3-4-6-8-10-17/h11-12,17-18H,3-10H2,1-2H3. The highest BCUT2D eigenvalue weighted by molar-refractivity contribution is 7.99. The Morgan fingerprint density at radius 1 is 0.850 bits per heavy atom. The third-order valence-electron chi connectivity index (χ3n) is 3.41. The first kappa shape index (κ1) is 17.7. The monoisotopic (exact) mass is 314 g/mol. The van der Waals surface area contributed by atoms with Gasteiger partial charge < -0.3 is 10.2 Å². The van der Waals surface area contributed by atoms with Crippen molar-refractivity contribution < 1.29 is 10.2 Å². The van der Waals surface area contributed by atoms with Crippen LogP contribution in [-0.4, -0.2) is 29.3 Å². The summed E-state index contributed by atoms with van der Waals surface area (Å²) in [6.07, 6.45) is 12.1. The molecule has 0 fully saturated rings. The van der Waals surface area contributed by atoms with Gasteiger partial charge in [-0.25, -0.2) is 0 Å². The van der Waals surface area contributed by atoms with Gasteiger partial charge in [-0.15, -0.1) is 23.5 Å². The third kappa shape index (κ3) is 5.98. The summed E-state index contributed by atoms with van der Waals surface area (Å²) in [6, 6.07) is 4.23. The van der Waals surface area contributed by atoms with Gasteiger partial charge in [-0.2, -0.15) is 0 Å². The van der Waals surface area contributed by atoms with Gasteiger partial charge in [0.2, 0.25) is 0 Å². The average Bonchev–Trinajstić information content (AvgIpc) is 2.47. The van der Waals surface area contributed by atoms with Crippen molar-refractivity contribution in [3.8, 4) is 5.75 Å². The molecule has 0 spiro atoms. The van der Waals surface area contributed by atoms with Gasteiger partial charge >= 0.3 is 0 Å². The Morgan fingerprint density at radius 3 is 1.85 bits per heavy atom. The molecule has 1 rings (SSSR count). The van der Waals surface area contributed by atoms with Crippen molar-refractivity contribution in [2.24, 2.45) is 0 Å². The predicted molar refractivity (Wildman–Crippen MR) is 90.2 cm³/mol. The SMILES string of the molecule is CSc1cc(CCCCCCCCO)cc(SC)c1O. The van der Waals surface area contributed by atoms with Gasteiger partial charge in [-0.3, -0.25) is 0 Å². The van der Waals surface area contributed by atoms with E-state index in [1.807, 2.05) is 12.5 Å². The number of benzene rings is 1. The van der Waals surface area contributed by atoms with E-state index < -0.39 is 0 Å². The Hall–Kier alpha value is -0.320. The second-order valence-corrected chi connectivity index (χ2v) is 6.64. The van der Waals surface area contributed by atoms with E-state index in [1.54, 1.807) is 23.5 Å². The molecule has 4 heteroatoms. The van der Waals surface area contributed by atoms with Crippen LogP contribution in [0.5, 0.6) is 5.75 Å². The fraction of sp³-hybridized carbons (Fsp3) is 0.625. The Morgan fingerprint density at radius 2 is 1.35 bits per heavy atom. The lowest BCUT2D eigenvalue weighted by molar-refractivity contribution is 0.282. The summed E-state index contributed by atoms with van der Waals surface area (Å²) < 4.78 is 0. The van der Waals surface area contributed by atoms with Crippen LogP contribution in [0.2, 0.25) is 0 Å². The van der Waals surface area contributed by atoms with Crippen LogP contribution in [0.1, 0.15) is 44.1 Å². The van der Waals surface area contributed by atoms with Gasteiger partial charge in [0.05, 0.1) is 9.79 Å². The molecule has 0 saturated carbocycles. The van der Waals surface area contributed by atoms with Gasteiger partial charge in [-0.1, -0.05) is 25.7 Å². The molecule has 0 aliphatic heterocycles. The molecular formula is C16H26O2S2. The fourth-order valence-corrected chi connectivity index (χ4v) is 3.45. The third-order valence-corrected chi connectivity index (χ3v) is 4.92. The number of hydrogen-bond donors (Lipinski definition) is 2. The minimum absolute atomic E-state index is 0.322.